The predicted molar refractivity (Wildman–Crippen MR) is 112 cm³/mol. The van der Waals surface area contributed by atoms with E-state index in [0.717, 1.165) is 17.3 Å². The third-order valence-electron chi connectivity index (χ3n) is 3.61. The topological polar surface area (TPSA) is 54.0 Å². The Hall–Kier alpha value is -1.33. The summed E-state index contributed by atoms with van der Waals surface area (Å²) in [4.78, 5) is 0. The van der Waals surface area contributed by atoms with Crippen LogP contribution >= 0.6 is 23.5 Å². The minimum atomic E-state index is -3.50. The van der Waals surface area contributed by atoms with Crippen molar-refractivity contribution in [2.75, 3.05) is 25.2 Å². The van der Waals surface area contributed by atoms with E-state index in [2.05, 4.69) is 15.9 Å². The Morgan fingerprint density at radius 3 is 2.30 bits per heavy atom. The summed E-state index contributed by atoms with van der Waals surface area (Å²) >= 11 is 3.38. The fourth-order valence-electron chi connectivity index (χ4n) is 2.42. The highest BCUT2D eigenvalue weighted by atomic mass is 79.9. The van der Waals surface area contributed by atoms with Crippen LogP contribution in [-0.2, 0) is 20.2 Å². The van der Waals surface area contributed by atoms with Gasteiger partial charge in [-0.15, -0.1) is 0 Å². The zero-order valence-corrected chi connectivity index (χ0v) is 18.2. The Kier molecular flexibility index (Phi) is 9.35. The highest BCUT2D eigenvalue weighted by Crippen LogP contribution is 2.50. The molecule has 0 aliphatic carbocycles. The van der Waals surface area contributed by atoms with E-state index in [1.807, 2.05) is 30.3 Å². The Bertz CT molecular complexity index is 728. The van der Waals surface area contributed by atoms with Crippen LogP contribution in [0, 0.1) is 0 Å². The molecule has 27 heavy (non-hydrogen) atoms. The van der Waals surface area contributed by atoms with Gasteiger partial charge in [0.05, 0.1) is 19.8 Å². The van der Waals surface area contributed by atoms with E-state index < -0.39 is 7.60 Å². The van der Waals surface area contributed by atoms with Gasteiger partial charge in [-0.05, 0) is 44.0 Å². The molecule has 148 valence electrons. The van der Waals surface area contributed by atoms with Gasteiger partial charge < -0.3 is 18.5 Å². The van der Waals surface area contributed by atoms with Gasteiger partial charge >= 0.3 is 7.60 Å². The van der Waals surface area contributed by atoms with Gasteiger partial charge in [-0.25, -0.2) is 0 Å². The molecule has 0 saturated heterocycles. The van der Waals surface area contributed by atoms with Crippen molar-refractivity contribution in [3.63, 3.8) is 0 Å². The molecule has 0 atom stereocenters. The highest BCUT2D eigenvalue weighted by Gasteiger charge is 2.31. The second-order valence-electron chi connectivity index (χ2n) is 5.63. The molecule has 5 nitrogen and oxygen atoms in total. The summed E-state index contributed by atoms with van der Waals surface area (Å²) in [6.45, 7) is 5.03. The molecule has 0 radical (unpaired) electrons. The van der Waals surface area contributed by atoms with E-state index in [9.17, 15) is 4.57 Å². The van der Waals surface area contributed by atoms with Crippen LogP contribution in [0.15, 0.2) is 48.5 Å². The molecule has 0 amide bonds. The van der Waals surface area contributed by atoms with Crippen LogP contribution < -0.4 is 14.8 Å². The Morgan fingerprint density at radius 2 is 1.67 bits per heavy atom. The summed E-state index contributed by atoms with van der Waals surface area (Å²) in [5.41, 5.74) is 1.05. The molecule has 0 bridgehead atoms. The van der Waals surface area contributed by atoms with E-state index >= 15 is 0 Å². The summed E-state index contributed by atoms with van der Waals surface area (Å²) in [5.74, 6) is 1.08. The lowest BCUT2D eigenvalue weighted by atomic mass is 10.2. The monoisotopic (exact) mass is 456 g/mol. The zero-order valence-electron chi connectivity index (χ0n) is 15.7. The number of alkyl halides is 1. The number of hydrogen-bond acceptors (Lipinski definition) is 5. The van der Waals surface area contributed by atoms with Gasteiger partial charge in [0, 0.05) is 5.33 Å². The summed E-state index contributed by atoms with van der Waals surface area (Å²) in [6.07, 6.45) is 0.833. The molecule has 0 fully saturated rings. The van der Waals surface area contributed by atoms with Gasteiger partial charge in [-0.2, -0.15) is 0 Å². The number of ether oxygens (including phenoxy) is 2. The van der Waals surface area contributed by atoms with E-state index in [4.69, 9.17) is 18.5 Å². The molecule has 2 aromatic rings. The van der Waals surface area contributed by atoms with E-state index in [-0.39, 0.29) is 13.2 Å². The highest BCUT2D eigenvalue weighted by molar-refractivity contribution is 9.09. The van der Waals surface area contributed by atoms with Crippen LogP contribution in [0.4, 0.5) is 0 Å². The molecule has 0 aliphatic heterocycles. The second kappa shape index (κ2) is 11.5. The molecule has 0 unspecified atom stereocenters. The average molecular weight is 457 g/mol. The van der Waals surface area contributed by atoms with Gasteiger partial charge in [0.2, 0.25) is 0 Å². The minimum absolute atomic E-state index is 0.271. The molecular weight excluding hydrogens is 431 g/mol. The van der Waals surface area contributed by atoms with Crippen molar-refractivity contribution in [2.24, 2.45) is 0 Å². The van der Waals surface area contributed by atoms with Crippen molar-refractivity contribution >= 4 is 28.8 Å². The molecule has 7 heteroatoms. The molecule has 2 aromatic carbocycles. The third-order valence-corrected chi connectivity index (χ3v) is 6.30. The quantitative estimate of drug-likeness (QED) is 0.245. The second-order valence-corrected chi connectivity index (χ2v) is 8.41. The summed E-state index contributed by atoms with van der Waals surface area (Å²) < 4.78 is 36.0. The molecule has 0 aromatic heterocycles. The molecule has 2 rings (SSSR count). The maximum absolute atomic E-state index is 13.3. The average Bonchev–Trinajstić information content (AvgIpc) is 2.68. The lowest BCUT2D eigenvalue weighted by molar-refractivity contribution is 0.228. The summed E-state index contributed by atoms with van der Waals surface area (Å²) in [7, 11) is -3.50. The predicted octanol–water partition coefficient (Wildman–Crippen LogP) is 5.32. The molecule has 0 N–H and O–H groups in total. The number of halogens is 1. The van der Waals surface area contributed by atoms with Crippen LogP contribution in [0.2, 0.25) is 0 Å². The third kappa shape index (κ3) is 6.65. The standard InChI is InChI=1S/C20H26BrO5P/c1-3-25-27(22,26-4-2)20-15-18(11-12-19(20)23-14-8-13-21)24-16-17-9-6-5-7-10-17/h5-7,9-12,15H,3-4,8,13-14,16H2,1-2H3. The van der Waals surface area contributed by atoms with Gasteiger partial charge in [-0.1, -0.05) is 46.3 Å². The molecular formula is C20H26BrO5P. The van der Waals surface area contributed by atoms with Crippen molar-refractivity contribution < 1.29 is 23.1 Å². The van der Waals surface area contributed by atoms with E-state index in [1.54, 1.807) is 32.0 Å². The van der Waals surface area contributed by atoms with Gasteiger partial charge in [0.15, 0.2) is 0 Å². The number of hydrogen-bond donors (Lipinski definition) is 0. The first-order chi connectivity index (χ1) is 13.1. The van der Waals surface area contributed by atoms with Crippen molar-refractivity contribution in [2.45, 2.75) is 26.9 Å². The number of rotatable bonds is 12. The smallest absolute Gasteiger partial charge is 0.365 e. The van der Waals surface area contributed by atoms with Crippen molar-refractivity contribution in [1.82, 2.24) is 0 Å². The van der Waals surface area contributed by atoms with Crippen molar-refractivity contribution in [3.05, 3.63) is 54.1 Å². The summed E-state index contributed by atoms with van der Waals surface area (Å²) in [6, 6.07) is 15.1. The Balaban J connectivity index is 2.28. The molecule has 0 heterocycles. The summed E-state index contributed by atoms with van der Waals surface area (Å²) in [5, 5.41) is 1.22. The zero-order chi connectivity index (χ0) is 19.5. The molecule has 0 saturated carbocycles. The Labute approximate surface area is 169 Å². The van der Waals surface area contributed by atoms with Gasteiger partial charge in [0.1, 0.15) is 23.4 Å². The van der Waals surface area contributed by atoms with Crippen molar-refractivity contribution in [3.8, 4) is 11.5 Å². The normalized spacial score (nSPS) is 11.4. The van der Waals surface area contributed by atoms with Gasteiger partial charge in [0.25, 0.3) is 0 Å². The lowest BCUT2D eigenvalue weighted by Crippen LogP contribution is -2.16. The SMILES string of the molecule is CCOP(=O)(OCC)c1cc(OCc2ccccc2)ccc1OCCCBr. The number of benzene rings is 2. The van der Waals surface area contributed by atoms with E-state index in [0.29, 0.717) is 30.0 Å². The first kappa shape index (κ1) is 22.0. The van der Waals surface area contributed by atoms with Crippen LogP contribution in [0.1, 0.15) is 25.8 Å². The first-order valence-electron chi connectivity index (χ1n) is 9.02. The molecule has 0 aliphatic rings. The lowest BCUT2D eigenvalue weighted by Gasteiger charge is -2.21. The maximum Gasteiger partial charge on any atom is 0.365 e. The van der Waals surface area contributed by atoms with E-state index in [1.165, 1.54) is 0 Å². The minimum Gasteiger partial charge on any atom is -0.493 e. The van der Waals surface area contributed by atoms with Gasteiger partial charge in [-0.3, -0.25) is 4.57 Å². The first-order valence-corrected chi connectivity index (χ1v) is 11.7. The maximum atomic E-state index is 13.3. The van der Waals surface area contributed by atoms with Crippen LogP contribution in [0.25, 0.3) is 0 Å². The van der Waals surface area contributed by atoms with Crippen LogP contribution in [0.3, 0.4) is 0 Å². The van der Waals surface area contributed by atoms with Crippen LogP contribution in [0.5, 0.6) is 11.5 Å². The van der Waals surface area contributed by atoms with Crippen molar-refractivity contribution in [1.29, 1.82) is 0 Å². The Morgan fingerprint density at radius 1 is 0.963 bits per heavy atom. The fourth-order valence-corrected chi connectivity index (χ4v) is 4.37. The fraction of sp³-hybridized carbons (Fsp3) is 0.400. The largest absolute Gasteiger partial charge is 0.493 e. The molecule has 0 spiro atoms. The van der Waals surface area contributed by atoms with Crippen LogP contribution in [-0.4, -0.2) is 25.2 Å².